The van der Waals surface area contributed by atoms with Crippen molar-refractivity contribution in [2.45, 2.75) is 12.5 Å². The van der Waals surface area contributed by atoms with Gasteiger partial charge in [-0.05, 0) is 48.4 Å². The van der Waals surface area contributed by atoms with Gasteiger partial charge < -0.3 is 15.4 Å². The lowest BCUT2D eigenvalue weighted by Gasteiger charge is -2.21. The highest BCUT2D eigenvalue weighted by atomic mass is 35.5. The molecule has 0 fully saturated rings. The number of hydrogen-bond donors (Lipinski definition) is 2. The molecule has 3 aromatic rings. The van der Waals surface area contributed by atoms with Crippen LogP contribution in [0.15, 0.2) is 54.6 Å². The van der Waals surface area contributed by atoms with Gasteiger partial charge in [0.2, 0.25) is 0 Å². The summed E-state index contributed by atoms with van der Waals surface area (Å²) < 4.78 is 19.2. The molecule has 8 heteroatoms. The fourth-order valence-corrected chi connectivity index (χ4v) is 4.54. The van der Waals surface area contributed by atoms with E-state index >= 15 is 0 Å². The third-order valence-electron chi connectivity index (χ3n) is 5.86. The van der Waals surface area contributed by atoms with Crippen LogP contribution in [0.4, 0.5) is 20.6 Å². The van der Waals surface area contributed by atoms with E-state index in [1.807, 2.05) is 18.2 Å². The number of ether oxygens (including phenoxy) is 1. The summed E-state index contributed by atoms with van der Waals surface area (Å²) in [5.41, 5.74) is 3.71. The predicted octanol–water partition coefficient (Wildman–Crippen LogP) is 4.92. The van der Waals surface area contributed by atoms with Gasteiger partial charge in [0, 0.05) is 40.0 Å². The SMILES string of the molecule is COc1ccc2c(c1)N(C(=O)Nc1cccc3c1C(c1cc(F)ccc1Cl)NC3=O)CC2. The topological polar surface area (TPSA) is 70.7 Å². The molecule has 2 aliphatic rings. The molecule has 0 saturated carbocycles. The van der Waals surface area contributed by atoms with Crippen LogP contribution >= 0.6 is 11.6 Å². The quantitative estimate of drug-likeness (QED) is 0.594. The number of halogens is 2. The molecule has 0 aromatic heterocycles. The number of nitrogens with zero attached hydrogens (tertiary/aromatic N) is 1. The zero-order chi connectivity index (χ0) is 22.4. The van der Waals surface area contributed by atoms with Gasteiger partial charge in [-0.1, -0.05) is 23.7 Å². The van der Waals surface area contributed by atoms with Gasteiger partial charge in [0.05, 0.1) is 18.8 Å². The second-order valence-electron chi connectivity index (χ2n) is 7.67. The first kappa shape index (κ1) is 20.3. The first-order valence-electron chi connectivity index (χ1n) is 10.1. The first-order valence-corrected chi connectivity index (χ1v) is 10.5. The Kier molecular flexibility index (Phi) is 4.98. The third kappa shape index (κ3) is 3.35. The molecule has 2 aliphatic heterocycles. The van der Waals surface area contributed by atoms with Gasteiger partial charge in [-0.25, -0.2) is 9.18 Å². The molecule has 0 bridgehead atoms. The van der Waals surface area contributed by atoms with E-state index in [0.29, 0.717) is 39.7 Å². The minimum atomic E-state index is -0.678. The number of carbonyl (C=O) groups excluding carboxylic acids is 2. The number of hydrogen-bond acceptors (Lipinski definition) is 3. The van der Waals surface area contributed by atoms with Crippen LogP contribution in [0, 0.1) is 5.82 Å². The zero-order valence-corrected chi connectivity index (χ0v) is 17.9. The van der Waals surface area contributed by atoms with Crippen molar-refractivity contribution in [1.82, 2.24) is 5.32 Å². The van der Waals surface area contributed by atoms with E-state index in [2.05, 4.69) is 10.6 Å². The Balaban J connectivity index is 1.50. The van der Waals surface area contributed by atoms with Crippen LogP contribution in [-0.2, 0) is 6.42 Å². The fourth-order valence-electron chi connectivity index (χ4n) is 4.31. The van der Waals surface area contributed by atoms with Crippen molar-refractivity contribution in [2.24, 2.45) is 0 Å². The van der Waals surface area contributed by atoms with Crippen molar-refractivity contribution in [2.75, 3.05) is 23.9 Å². The summed E-state index contributed by atoms with van der Waals surface area (Å²) in [5, 5.41) is 6.11. The average Bonchev–Trinajstić information content (AvgIpc) is 3.37. The normalized spacial score (nSPS) is 16.4. The van der Waals surface area contributed by atoms with Gasteiger partial charge in [-0.2, -0.15) is 0 Å². The van der Waals surface area contributed by atoms with Crippen LogP contribution < -0.4 is 20.3 Å². The van der Waals surface area contributed by atoms with Crippen molar-refractivity contribution in [1.29, 1.82) is 0 Å². The number of urea groups is 1. The lowest BCUT2D eigenvalue weighted by Crippen LogP contribution is -2.33. The van der Waals surface area contributed by atoms with E-state index < -0.39 is 11.9 Å². The number of fused-ring (bicyclic) bond motifs is 2. The minimum absolute atomic E-state index is 0.308. The average molecular weight is 452 g/mol. The summed E-state index contributed by atoms with van der Waals surface area (Å²) in [7, 11) is 1.58. The molecule has 5 rings (SSSR count). The minimum Gasteiger partial charge on any atom is -0.497 e. The number of benzene rings is 3. The zero-order valence-electron chi connectivity index (χ0n) is 17.1. The van der Waals surface area contributed by atoms with Gasteiger partial charge in [-0.3, -0.25) is 9.69 Å². The van der Waals surface area contributed by atoms with Crippen LogP contribution in [0.5, 0.6) is 5.75 Å². The molecule has 3 aromatic carbocycles. The van der Waals surface area contributed by atoms with Gasteiger partial charge in [-0.15, -0.1) is 0 Å². The van der Waals surface area contributed by atoms with Crippen molar-refractivity contribution in [3.8, 4) is 5.75 Å². The molecule has 2 N–H and O–H groups in total. The number of nitrogens with one attached hydrogen (secondary N) is 2. The Hall–Kier alpha value is -3.58. The standard InChI is InChI=1S/C24H19ClFN3O3/c1-32-15-7-5-13-9-10-29(20(13)12-15)24(31)27-19-4-2-3-16-21(19)22(28-23(16)30)17-11-14(26)6-8-18(17)25/h2-8,11-12,22H,9-10H2,1H3,(H,27,31)(H,28,30). The number of rotatable bonds is 3. The Morgan fingerprint density at radius 1 is 1.22 bits per heavy atom. The summed E-state index contributed by atoms with van der Waals surface area (Å²) in [6.45, 7) is 0.527. The van der Waals surface area contributed by atoms with Crippen LogP contribution in [0.3, 0.4) is 0 Å². The molecule has 6 nitrogen and oxygen atoms in total. The number of methoxy groups -OCH3 is 1. The van der Waals surface area contributed by atoms with E-state index in [4.69, 9.17) is 16.3 Å². The summed E-state index contributed by atoms with van der Waals surface area (Å²) in [4.78, 5) is 27.4. The highest BCUT2D eigenvalue weighted by Crippen LogP contribution is 2.40. The lowest BCUT2D eigenvalue weighted by molar-refractivity contribution is 0.0960. The van der Waals surface area contributed by atoms with Crippen molar-refractivity contribution in [3.63, 3.8) is 0 Å². The van der Waals surface area contributed by atoms with Crippen LogP contribution in [0.25, 0.3) is 0 Å². The van der Waals surface area contributed by atoms with E-state index in [0.717, 1.165) is 17.7 Å². The highest BCUT2D eigenvalue weighted by molar-refractivity contribution is 6.31. The highest BCUT2D eigenvalue weighted by Gasteiger charge is 2.35. The van der Waals surface area contributed by atoms with E-state index in [1.165, 1.54) is 18.2 Å². The van der Waals surface area contributed by atoms with Crippen LogP contribution in [-0.4, -0.2) is 25.6 Å². The smallest absolute Gasteiger partial charge is 0.326 e. The molecular formula is C24H19ClFN3O3. The predicted molar refractivity (Wildman–Crippen MR) is 120 cm³/mol. The largest absolute Gasteiger partial charge is 0.497 e. The van der Waals surface area contributed by atoms with Gasteiger partial charge in [0.1, 0.15) is 11.6 Å². The maximum absolute atomic E-state index is 13.9. The molecular weight excluding hydrogens is 433 g/mol. The molecule has 162 valence electrons. The molecule has 0 saturated heterocycles. The summed E-state index contributed by atoms with van der Waals surface area (Å²) >= 11 is 6.31. The van der Waals surface area contributed by atoms with E-state index in [9.17, 15) is 14.0 Å². The van der Waals surface area contributed by atoms with Crippen LogP contribution in [0.1, 0.15) is 33.1 Å². The monoisotopic (exact) mass is 451 g/mol. The van der Waals surface area contributed by atoms with Crippen molar-refractivity contribution >= 4 is 34.9 Å². The Morgan fingerprint density at radius 3 is 2.88 bits per heavy atom. The first-order chi connectivity index (χ1) is 15.5. The second kappa shape index (κ2) is 7.84. The Labute approximate surface area is 188 Å². The van der Waals surface area contributed by atoms with E-state index in [1.54, 1.807) is 30.2 Å². The number of carbonyl (C=O) groups is 2. The van der Waals surface area contributed by atoms with Gasteiger partial charge >= 0.3 is 6.03 Å². The molecule has 0 aliphatic carbocycles. The third-order valence-corrected chi connectivity index (χ3v) is 6.20. The van der Waals surface area contributed by atoms with Crippen molar-refractivity contribution < 1.29 is 18.7 Å². The molecule has 32 heavy (non-hydrogen) atoms. The molecule has 0 radical (unpaired) electrons. The van der Waals surface area contributed by atoms with E-state index in [-0.39, 0.29) is 11.9 Å². The Morgan fingerprint density at radius 2 is 2.06 bits per heavy atom. The molecule has 2 heterocycles. The number of anilines is 2. The number of amides is 3. The second-order valence-corrected chi connectivity index (χ2v) is 8.07. The fraction of sp³-hybridized carbons (Fsp3) is 0.167. The van der Waals surface area contributed by atoms with Gasteiger partial charge in [0.15, 0.2) is 0 Å². The summed E-state index contributed by atoms with van der Waals surface area (Å²) in [6.07, 6.45) is 0.737. The van der Waals surface area contributed by atoms with Gasteiger partial charge in [0.25, 0.3) is 5.91 Å². The summed E-state index contributed by atoms with van der Waals surface area (Å²) in [5.74, 6) is -0.103. The molecule has 1 unspecified atom stereocenters. The maximum Gasteiger partial charge on any atom is 0.326 e. The maximum atomic E-state index is 13.9. The van der Waals surface area contributed by atoms with Crippen molar-refractivity contribution in [3.05, 3.63) is 87.7 Å². The molecule has 3 amide bonds. The molecule has 1 atom stereocenters. The lowest BCUT2D eigenvalue weighted by atomic mass is 9.96. The molecule has 0 spiro atoms. The summed E-state index contributed by atoms with van der Waals surface area (Å²) in [6, 6.07) is 13.7. The van der Waals surface area contributed by atoms with Crippen LogP contribution in [0.2, 0.25) is 5.02 Å². The Bertz CT molecular complexity index is 1260.